The van der Waals surface area contributed by atoms with Crippen LogP contribution in [0, 0.1) is 5.92 Å². The van der Waals surface area contributed by atoms with Gasteiger partial charge in [0.25, 0.3) is 5.91 Å². The van der Waals surface area contributed by atoms with E-state index in [1.54, 1.807) is 17.6 Å². The Morgan fingerprint density at radius 1 is 1.26 bits per heavy atom. The lowest BCUT2D eigenvalue weighted by Crippen LogP contribution is -2.47. The molecule has 2 rings (SSSR count). The molecule has 0 saturated heterocycles. The minimum absolute atomic E-state index is 0.106. The molecule has 0 aliphatic carbocycles. The van der Waals surface area contributed by atoms with E-state index in [0.717, 1.165) is 0 Å². The zero-order valence-electron chi connectivity index (χ0n) is 12.5. The summed E-state index contributed by atoms with van der Waals surface area (Å²) >= 11 is 13.2. The van der Waals surface area contributed by atoms with Crippen LogP contribution in [0.2, 0.25) is 10.0 Å². The average Bonchev–Trinajstić information content (AvgIpc) is 2.96. The molecular weight excluding hydrogens is 357 g/mol. The Kier molecular flexibility index (Phi) is 5.98. The molecule has 0 aliphatic heterocycles. The van der Waals surface area contributed by atoms with Crippen LogP contribution in [0.1, 0.15) is 24.2 Å². The van der Waals surface area contributed by atoms with E-state index in [2.05, 4.69) is 15.6 Å². The molecule has 2 amide bonds. The van der Waals surface area contributed by atoms with Crippen molar-refractivity contribution in [2.75, 3.05) is 5.32 Å². The smallest absolute Gasteiger partial charge is 0.253 e. The van der Waals surface area contributed by atoms with E-state index >= 15 is 0 Å². The predicted octanol–water partition coefficient (Wildman–Crippen LogP) is 3.84. The number of hydrogen-bond acceptors (Lipinski definition) is 4. The molecule has 0 saturated carbocycles. The number of aromatic nitrogens is 1. The zero-order chi connectivity index (χ0) is 17.0. The van der Waals surface area contributed by atoms with Crippen molar-refractivity contribution in [1.82, 2.24) is 10.3 Å². The standard InChI is InChI=1S/C15H15Cl2N3O2S/c1-8(2)12(14(22)20-15-18-5-6-23-15)19-13(21)10-4-3-9(16)7-11(10)17/h3-8,12H,1-2H3,(H,19,21)(H,18,20,22)/t12-/m0/s1. The number of carbonyl (C=O) groups is 2. The fourth-order valence-corrected chi connectivity index (χ4v) is 2.92. The Morgan fingerprint density at radius 2 is 2.00 bits per heavy atom. The summed E-state index contributed by atoms with van der Waals surface area (Å²) in [6.07, 6.45) is 1.59. The molecule has 23 heavy (non-hydrogen) atoms. The minimum Gasteiger partial charge on any atom is -0.340 e. The second kappa shape index (κ2) is 7.77. The number of nitrogens with zero attached hydrogens (tertiary/aromatic N) is 1. The maximum atomic E-state index is 12.4. The first kappa shape index (κ1) is 17.7. The van der Waals surface area contributed by atoms with Gasteiger partial charge in [0.1, 0.15) is 6.04 Å². The van der Waals surface area contributed by atoms with E-state index in [0.29, 0.717) is 10.2 Å². The van der Waals surface area contributed by atoms with Gasteiger partial charge in [-0.3, -0.25) is 9.59 Å². The highest BCUT2D eigenvalue weighted by atomic mass is 35.5. The van der Waals surface area contributed by atoms with Gasteiger partial charge >= 0.3 is 0 Å². The number of rotatable bonds is 5. The van der Waals surface area contributed by atoms with Gasteiger partial charge in [-0.2, -0.15) is 0 Å². The van der Waals surface area contributed by atoms with Gasteiger partial charge in [0.15, 0.2) is 5.13 Å². The van der Waals surface area contributed by atoms with Crippen LogP contribution in [0.4, 0.5) is 5.13 Å². The van der Waals surface area contributed by atoms with Crippen molar-refractivity contribution in [3.63, 3.8) is 0 Å². The lowest BCUT2D eigenvalue weighted by molar-refractivity contribution is -0.118. The third kappa shape index (κ3) is 4.67. The molecule has 0 spiro atoms. The largest absolute Gasteiger partial charge is 0.340 e. The van der Waals surface area contributed by atoms with Crippen LogP contribution in [0.3, 0.4) is 0 Å². The van der Waals surface area contributed by atoms with Gasteiger partial charge in [-0.25, -0.2) is 4.98 Å². The normalized spacial score (nSPS) is 12.0. The second-order valence-electron chi connectivity index (χ2n) is 5.15. The molecule has 0 aliphatic rings. The molecule has 5 nitrogen and oxygen atoms in total. The SMILES string of the molecule is CC(C)[C@H](NC(=O)c1ccc(Cl)cc1Cl)C(=O)Nc1nccs1. The highest BCUT2D eigenvalue weighted by molar-refractivity contribution is 7.13. The first-order valence-electron chi connectivity index (χ1n) is 6.84. The molecule has 1 heterocycles. The van der Waals surface area contributed by atoms with Crippen molar-refractivity contribution >= 4 is 51.5 Å². The Balaban J connectivity index is 2.12. The van der Waals surface area contributed by atoms with E-state index in [4.69, 9.17) is 23.2 Å². The number of halogens is 2. The number of thiazole rings is 1. The summed E-state index contributed by atoms with van der Waals surface area (Å²) in [5.74, 6) is -0.863. The Labute approximate surface area is 148 Å². The lowest BCUT2D eigenvalue weighted by atomic mass is 10.0. The van der Waals surface area contributed by atoms with Gasteiger partial charge in [-0.05, 0) is 24.1 Å². The van der Waals surface area contributed by atoms with Crippen molar-refractivity contribution in [1.29, 1.82) is 0 Å². The third-order valence-electron chi connectivity index (χ3n) is 3.07. The van der Waals surface area contributed by atoms with Crippen LogP contribution in [-0.4, -0.2) is 22.8 Å². The first-order valence-corrected chi connectivity index (χ1v) is 8.48. The first-order chi connectivity index (χ1) is 10.9. The molecule has 1 aromatic heterocycles. The van der Waals surface area contributed by atoms with Crippen LogP contribution in [0.15, 0.2) is 29.8 Å². The van der Waals surface area contributed by atoms with Crippen molar-refractivity contribution < 1.29 is 9.59 Å². The summed E-state index contributed by atoms with van der Waals surface area (Å²) in [6, 6.07) is 3.87. The molecule has 122 valence electrons. The number of anilines is 1. The molecule has 1 atom stereocenters. The quantitative estimate of drug-likeness (QED) is 0.838. The van der Waals surface area contributed by atoms with Crippen LogP contribution in [0.5, 0.6) is 0 Å². The Morgan fingerprint density at radius 3 is 2.57 bits per heavy atom. The number of benzene rings is 1. The monoisotopic (exact) mass is 371 g/mol. The van der Waals surface area contributed by atoms with Gasteiger partial charge in [0.2, 0.25) is 5.91 Å². The molecule has 2 aromatic rings. The van der Waals surface area contributed by atoms with Crippen LogP contribution in [0.25, 0.3) is 0 Å². The summed E-state index contributed by atoms with van der Waals surface area (Å²) in [5.41, 5.74) is 0.267. The summed E-state index contributed by atoms with van der Waals surface area (Å²) in [5, 5.41) is 8.30. The number of carbonyl (C=O) groups excluding carboxylic acids is 2. The molecule has 0 bridgehead atoms. The highest BCUT2D eigenvalue weighted by Crippen LogP contribution is 2.21. The van der Waals surface area contributed by atoms with Crippen molar-refractivity contribution in [2.45, 2.75) is 19.9 Å². The maximum absolute atomic E-state index is 12.4. The van der Waals surface area contributed by atoms with Gasteiger partial charge in [-0.15, -0.1) is 11.3 Å². The molecule has 8 heteroatoms. The van der Waals surface area contributed by atoms with Gasteiger partial charge in [-0.1, -0.05) is 37.0 Å². The topological polar surface area (TPSA) is 71.1 Å². The summed E-state index contributed by atoms with van der Waals surface area (Å²) < 4.78 is 0. The maximum Gasteiger partial charge on any atom is 0.253 e. The lowest BCUT2D eigenvalue weighted by Gasteiger charge is -2.21. The number of nitrogens with one attached hydrogen (secondary N) is 2. The third-order valence-corrected chi connectivity index (χ3v) is 4.31. The zero-order valence-corrected chi connectivity index (χ0v) is 14.8. The van der Waals surface area contributed by atoms with Crippen molar-refractivity contribution in [3.8, 4) is 0 Å². The van der Waals surface area contributed by atoms with E-state index in [9.17, 15) is 9.59 Å². The van der Waals surface area contributed by atoms with Gasteiger partial charge in [0, 0.05) is 16.6 Å². The van der Waals surface area contributed by atoms with Gasteiger partial charge in [0.05, 0.1) is 10.6 Å². The summed E-state index contributed by atoms with van der Waals surface area (Å²) in [4.78, 5) is 28.7. The number of hydrogen-bond donors (Lipinski definition) is 2. The second-order valence-corrected chi connectivity index (χ2v) is 6.88. The summed E-state index contributed by atoms with van der Waals surface area (Å²) in [6.45, 7) is 3.69. The fourth-order valence-electron chi connectivity index (χ4n) is 1.90. The van der Waals surface area contributed by atoms with Gasteiger partial charge < -0.3 is 10.6 Å². The molecule has 0 fully saturated rings. The number of amides is 2. The molecular formula is C15H15Cl2N3O2S. The molecule has 0 radical (unpaired) electrons. The fraction of sp³-hybridized carbons (Fsp3) is 0.267. The van der Waals surface area contributed by atoms with E-state index in [-0.39, 0.29) is 22.4 Å². The van der Waals surface area contributed by atoms with Crippen molar-refractivity contribution in [3.05, 3.63) is 45.4 Å². The Bertz CT molecular complexity index is 705. The van der Waals surface area contributed by atoms with E-state index in [1.165, 1.54) is 23.5 Å². The minimum atomic E-state index is -0.710. The summed E-state index contributed by atoms with van der Waals surface area (Å²) in [7, 11) is 0. The molecule has 1 aromatic carbocycles. The molecule has 0 unspecified atom stereocenters. The van der Waals surface area contributed by atoms with E-state index < -0.39 is 11.9 Å². The van der Waals surface area contributed by atoms with Crippen LogP contribution in [-0.2, 0) is 4.79 Å². The van der Waals surface area contributed by atoms with Crippen LogP contribution < -0.4 is 10.6 Å². The Hall–Kier alpha value is -1.63. The van der Waals surface area contributed by atoms with Crippen molar-refractivity contribution in [2.24, 2.45) is 5.92 Å². The van der Waals surface area contributed by atoms with E-state index in [1.807, 2.05) is 13.8 Å². The molecule has 2 N–H and O–H groups in total. The average molecular weight is 372 g/mol. The predicted molar refractivity (Wildman–Crippen MR) is 93.3 cm³/mol. The highest BCUT2D eigenvalue weighted by Gasteiger charge is 2.26. The van der Waals surface area contributed by atoms with Crippen LogP contribution >= 0.6 is 34.5 Å².